The number of amides is 1. The minimum atomic E-state index is -0.492. The van der Waals surface area contributed by atoms with E-state index in [1.165, 1.54) is 16.8 Å². The van der Waals surface area contributed by atoms with Crippen molar-refractivity contribution in [3.05, 3.63) is 46.0 Å². The van der Waals surface area contributed by atoms with Crippen molar-refractivity contribution in [2.75, 3.05) is 5.73 Å². The first kappa shape index (κ1) is 14.3. The maximum atomic E-state index is 13.0. The van der Waals surface area contributed by atoms with Crippen LogP contribution in [-0.2, 0) is 13.6 Å². The summed E-state index contributed by atoms with van der Waals surface area (Å²) in [5.41, 5.74) is 7.75. The Bertz CT molecular complexity index is 669. The fourth-order valence-corrected chi connectivity index (χ4v) is 2.06. The Morgan fingerprint density at radius 2 is 2.25 bits per heavy atom. The summed E-state index contributed by atoms with van der Waals surface area (Å²) in [4.78, 5) is 12.1. The fraction of sp³-hybridized carbons (Fsp3) is 0.231. The zero-order valence-corrected chi connectivity index (χ0v) is 11.8. The van der Waals surface area contributed by atoms with Crippen LogP contribution in [0.1, 0.15) is 21.7 Å². The summed E-state index contributed by atoms with van der Waals surface area (Å²) in [5, 5.41) is 6.79. The summed E-state index contributed by atoms with van der Waals surface area (Å²) in [6.45, 7) is 1.95. The van der Waals surface area contributed by atoms with Crippen molar-refractivity contribution in [3.8, 4) is 0 Å². The molecule has 7 heteroatoms. The molecule has 1 aromatic carbocycles. The monoisotopic (exact) mass is 296 g/mol. The predicted octanol–water partition coefficient (Wildman–Crippen LogP) is 2.03. The van der Waals surface area contributed by atoms with Crippen LogP contribution in [0.4, 0.5) is 10.1 Å². The largest absolute Gasteiger partial charge is 0.395 e. The topological polar surface area (TPSA) is 72.9 Å². The molecule has 0 aliphatic heterocycles. The van der Waals surface area contributed by atoms with E-state index in [4.69, 9.17) is 17.3 Å². The molecule has 5 nitrogen and oxygen atoms in total. The molecule has 0 aliphatic carbocycles. The number of hydrogen-bond acceptors (Lipinski definition) is 3. The van der Waals surface area contributed by atoms with Gasteiger partial charge in [-0.1, -0.05) is 17.7 Å². The molecule has 0 fully saturated rings. The number of anilines is 1. The van der Waals surface area contributed by atoms with Crippen molar-refractivity contribution in [1.29, 1.82) is 0 Å². The molecule has 1 heterocycles. The van der Waals surface area contributed by atoms with Gasteiger partial charge in [0.25, 0.3) is 5.91 Å². The normalized spacial score (nSPS) is 10.6. The first-order valence-corrected chi connectivity index (χ1v) is 6.29. The van der Waals surface area contributed by atoms with Gasteiger partial charge in [0.2, 0.25) is 0 Å². The van der Waals surface area contributed by atoms with Crippen molar-refractivity contribution in [2.45, 2.75) is 13.5 Å². The van der Waals surface area contributed by atoms with Gasteiger partial charge in [0.15, 0.2) is 0 Å². The van der Waals surface area contributed by atoms with Gasteiger partial charge in [-0.25, -0.2) is 4.39 Å². The van der Waals surface area contributed by atoms with Crippen molar-refractivity contribution < 1.29 is 9.18 Å². The van der Waals surface area contributed by atoms with Gasteiger partial charge in [-0.05, 0) is 24.6 Å². The zero-order valence-electron chi connectivity index (χ0n) is 11.1. The number of carbonyl (C=O) groups is 1. The summed E-state index contributed by atoms with van der Waals surface area (Å²) in [6, 6.07) is 4.28. The number of aryl methyl sites for hydroxylation is 2. The smallest absolute Gasteiger partial charge is 0.271 e. The van der Waals surface area contributed by atoms with E-state index in [9.17, 15) is 9.18 Å². The molecule has 0 radical (unpaired) electrons. The molecule has 0 saturated heterocycles. The second-order valence-corrected chi connectivity index (χ2v) is 4.81. The second kappa shape index (κ2) is 5.50. The van der Waals surface area contributed by atoms with E-state index in [1.807, 2.05) is 0 Å². The van der Waals surface area contributed by atoms with Crippen LogP contribution >= 0.6 is 11.6 Å². The Morgan fingerprint density at radius 1 is 1.55 bits per heavy atom. The summed E-state index contributed by atoms with van der Waals surface area (Å²) in [7, 11) is 1.65. The lowest BCUT2D eigenvalue weighted by atomic mass is 10.2. The summed E-state index contributed by atoms with van der Waals surface area (Å²) in [6.07, 6.45) is 0. The summed E-state index contributed by atoms with van der Waals surface area (Å²) < 4.78 is 14.5. The molecule has 20 heavy (non-hydrogen) atoms. The molecule has 0 aliphatic rings. The summed E-state index contributed by atoms with van der Waals surface area (Å²) in [5.74, 6) is -0.834. The molecule has 0 unspecified atom stereocenters. The highest BCUT2D eigenvalue weighted by Gasteiger charge is 2.17. The highest BCUT2D eigenvalue weighted by molar-refractivity contribution is 6.30. The molecule has 0 saturated carbocycles. The molecule has 3 N–H and O–H groups in total. The molecule has 1 amide bonds. The van der Waals surface area contributed by atoms with Crippen molar-refractivity contribution in [2.24, 2.45) is 7.05 Å². The lowest BCUT2D eigenvalue weighted by Crippen LogP contribution is -2.26. The van der Waals surface area contributed by atoms with Gasteiger partial charge < -0.3 is 11.1 Å². The van der Waals surface area contributed by atoms with Gasteiger partial charge >= 0.3 is 0 Å². The molecule has 2 rings (SSSR count). The Hall–Kier alpha value is -2.08. The number of carbonyl (C=O) groups excluding carboxylic acids is 1. The SMILES string of the molecule is Cc1nn(C)c(C(=O)NCc2ccc(F)c(Cl)c2)c1N. The van der Waals surface area contributed by atoms with Crippen LogP contribution in [0.15, 0.2) is 18.2 Å². The Morgan fingerprint density at radius 3 is 2.80 bits per heavy atom. The van der Waals surface area contributed by atoms with Gasteiger partial charge in [0.05, 0.1) is 16.4 Å². The quantitative estimate of drug-likeness (QED) is 0.910. The average molecular weight is 297 g/mol. The first-order chi connectivity index (χ1) is 9.40. The molecule has 0 bridgehead atoms. The minimum Gasteiger partial charge on any atom is -0.395 e. The number of hydrogen-bond donors (Lipinski definition) is 2. The molecule has 2 aromatic rings. The van der Waals surface area contributed by atoms with E-state index in [-0.39, 0.29) is 17.5 Å². The van der Waals surface area contributed by atoms with Gasteiger partial charge in [0, 0.05) is 13.6 Å². The van der Waals surface area contributed by atoms with Crippen LogP contribution in [0.3, 0.4) is 0 Å². The third kappa shape index (κ3) is 2.75. The zero-order chi connectivity index (χ0) is 14.9. The third-order valence-corrected chi connectivity index (χ3v) is 3.21. The Labute approximate surface area is 120 Å². The van der Waals surface area contributed by atoms with E-state index < -0.39 is 5.82 Å². The number of nitrogens with one attached hydrogen (secondary N) is 1. The number of nitrogens with zero attached hydrogens (tertiary/aromatic N) is 2. The highest BCUT2D eigenvalue weighted by Crippen LogP contribution is 2.17. The molecular weight excluding hydrogens is 283 g/mol. The number of halogens is 2. The Balaban J connectivity index is 2.10. The maximum absolute atomic E-state index is 13.0. The van der Waals surface area contributed by atoms with Crippen LogP contribution in [0, 0.1) is 12.7 Å². The third-order valence-electron chi connectivity index (χ3n) is 2.92. The molecule has 106 valence electrons. The number of nitrogens with two attached hydrogens (primary N) is 1. The van der Waals surface area contributed by atoms with Crippen molar-refractivity contribution in [1.82, 2.24) is 15.1 Å². The van der Waals surface area contributed by atoms with E-state index in [1.54, 1.807) is 20.0 Å². The van der Waals surface area contributed by atoms with E-state index in [0.717, 1.165) is 0 Å². The van der Waals surface area contributed by atoms with Gasteiger partial charge in [-0.2, -0.15) is 5.10 Å². The van der Waals surface area contributed by atoms with Crippen LogP contribution in [0.25, 0.3) is 0 Å². The van der Waals surface area contributed by atoms with Crippen LogP contribution in [0.2, 0.25) is 5.02 Å². The van der Waals surface area contributed by atoms with E-state index in [0.29, 0.717) is 22.6 Å². The molecule has 0 spiro atoms. The van der Waals surface area contributed by atoms with Gasteiger partial charge in [0.1, 0.15) is 11.5 Å². The minimum absolute atomic E-state index is 0.0210. The van der Waals surface area contributed by atoms with Crippen LogP contribution < -0.4 is 11.1 Å². The average Bonchev–Trinajstić information content (AvgIpc) is 2.64. The number of benzene rings is 1. The molecule has 1 aromatic heterocycles. The number of nitrogen functional groups attached to an aromatic ring is 1. The van der Waals surface area contributed by atoms with E-state index in [2.05, 4.69) is 10.4 Å². The Kier molecular flexibility index (Phi) is 3.94. The van der Waals surface area contributed by atoms with Gasteiger partial charge in [-0.15, -0.1) is 0 Å². The number of aromatic nitrogens is 2. The standard InChI is InChI=1S/C13H14ClFN4O/c1-7-11(16)12(19(2)18-7)13(20)17-6-8-3-4-10(15)9(14)5-8/h3-5H,6,16H2,1-2H3,(H,17,20). The number of rotatable bonds is 3. The van der Waals surface area contributed by atoms with Crippen molar-refractivity contribution in [3.63, 3.8) is 0 Å². The maximum Gasteiger partial charge on any atom is 0.271 e. The van der Waals surface area contributed by atoms with Gasteiger partial charge in [-0.3, -0.25) is 9.48 Å². The second-order valence-electron chi connectivity index (χ2n) is 4.40. The summed E-state index contributed by atoms with van der Waals surface area (Å²) >= 11 is 5.68. The predicted molar refractivity (Wildman–Crippen MR) is 74.9 cm³/mol. The van der Waals surface area contributed by atoms with E-state index >= 15 is 0 Å². The lowest BCUT2D eigenvalue weighted by molar-refractivity contribution is 0.0942. The molecular formula is C13H14ClFN4O. The highest BCUT2D eigenvalue weighted by atomic mass is 35.5. The fourth-order valence-electron chi connectivity index (χ4n) is 1.86. The van der Waals surface area contributed by atoms with Crippen LogP contribution in [-0.4, -0.2) is 15.7 Å². The lowest BCUT2D eigenvalue weighted by Gasteiger charge is -2.07. The first-order valence-electron chi connectivity index (χ1n) is 5.91. The molecule has 0 atom stereocenters. The van der Waals surface area contributed by atoms with Crippen molar-refractivity contribution >= 4 is 23.2 Å². The van der Waals surface area contributed by atoms with Crippen LogP contribution in [0.5, 0.6) is 0 Å².